The molecule has 20 heavy (non-hydrogen) atoms. The molecule has 1 fully saturated rings. The number of piperazine rings is 1. The molecule has 1 aliphatic heterocycles. The monoisotopic (exact) mass is 294 g/mol. The molecular weight excluding hydrogens is 276 g/mol. The van der Waals surface area contributed by atoms with Crippen LogP contribution in [0.2, 0.25) is 5.02 Å². The zero-order valence-corrected chi connectivity index (χ0v) is 12.9. The first kappa shape index (κ1) is 14.9. The van der Waals surface area contributed by atoms with Gasteiger partial charge in [0.2, 0.25) is 5.91 Å². The Labute approximate surface area is 124 Å². The molecule has 2 rings (SSSR count). The van der Waals surface area contributed by atoms with E-state index in [1.54, 1.807) is 43.0 Å². The summed E-state index contributed by atoms with van der Waals surface area (Å²) in [5.74, 6) is -0.253. The standard InChI is InChI=1S/C15H19ClN2O2/c1-9(2)12-13(19)17-15(3,4)14(20)18(12)11-7-5-6-10(16)8-11/h5-9,12H,1-4H3,(H,17,19). The second kappa shape index (κ2) is 5.09. The molecule has 108 valence electrons. The summed E-state index contributed by atoms with van der Waals surface area (Å²) in [5, 5.41) is 3.33. The maximum Gasteiger partial charge on any atom is 0.252 e. The Balaban J connectivity index is 2.53. The van der Waals surface area contributed by atoms with E-state index >= 15 is 0 Å². The van der Waals surface area contributed by atoms with Crippen molar-refractivity contribution in [3.63, 3.8) is 0 Å². The molecule has 1 N–H and O–H groups in total. The van der Waals surface area contributed by atoms with Crippen molar-refractivity contribution in [3.8, 4) is 0 Å². The largest absolute Gasteiger partial charge is 0.340 e. The summed E-state index contributed by atoms with van der Waals surface area (Å²) >= 11 is 6.01. The molecule has 1 heterocycles. The van der Waals surface area contributed by atoms with Gasteiger partial charge in [-0.1, -0.05) is 31.5 Å². The Kier molecular flexibility index (Phi) is 3.78. The molecule has 1 unspecified atom stereocenters. The van der Waals surface area contributed by atoms with Crippen LogP contribution in [-0.2, 0) is 9.59 Å². The zero-order valence-electron chi connectivity index (χ0n) is 12.1. The number of hydrogen-bond donors (Lipinski definition) is 1. The van der Waals surface area contributed by atoms with Gasteiger partial charge in [-0.3, -0.25) is 14.5 Å². The quantitative estimate of drug-likeness (QED) is 0.911. The van der Waals surface area contributed by atoms with E-state index in [2.05, 4.69) is 5.32 Å². The number of rotatable bonds is 2. The zero-order chi connectivity index (χ0) is 15.1. The third-order valence-corrected chi connectivity index (χ3v) is 3.69. The van der Waals surface area contributed by atoms with Gasteiger partial charge in [-0.15, -0.1) is 0 Å². The smallest absolute Gasteiger partial charge is 0.252 e. The Hall–Kier alpha value is -1.55. The van der Waals surface area contributed by atoms with E-state index in [0.29, 0.717) is 10.7 Å². The van der Waals surface area contributed by atoms with Crippen molar-refractivity contribution in [1.82, 2.24) is 5.32 Å². The SMILES string of the molecule is CC(C)C1C(=O)NC(C)(C)C(=O)N1c1cccc(Cl)c1. The van der Waals surface area contributed by atoms with Crippen molar-refractivity contribution >= 4 is 29.1 Å². The van der Waals surface area contributed by atoms with E-state index in [1.807, 2.05) is 13.8 Å². The van der Waals surface area contributed by atoms with Gasteiger partial charge in [0, 0.05) is 10.7 Å². The van der Waals surface area contributed by atoms with Crippen LogP contribution in [0, 0.1) is 5.92 Å². The van der Waals surface area contributed by atoms with Gasteiger partial charge in [-0.2, -0.15) is 0 Å². The van der Waals surface area contributed by atoms with Crippen LogP contribution in [0.3, 0.4) is 0 Å². The maximum atomic E-state index is 12.7. The molecule has 2 amide bonds. The number of nitrogens with one attached hydrogen (secondary N) is 1. The molecule has 0 aliphatic carbocycles. The Bertz CT molecular complexity index is 555. The summed E-state index contributed by atoms with van der Waals surface area (Å²) in [7, 11) is 0. The van der Waals surface area contributed by atoms with Gasteiger partial charge in [0.05, 0.1) is 0 Å². The molecule has 1 saturated heterocycles. The molecule has 1 atom stereocenters. The number of carbonyl (C=O) groups excluding carboxylic acids is 2. The number of halogens is 1. The molecule has 1 aromatic carbocycles. The molecule has 0 spiro atoms. The minimum absolute atomic E-state index is 0.00836. The van der Waals surface area contributed by atoms with Gasteiger partial charge in [0.15, 0.2) is 0 Å². The summed E-state index contributed by atoms with van der Waals surface area (Å²) in [6.07, 6.45) is 0. The molecule has 4 nitrogen and oxygen atoms in total. The second-order valence-electron chi connectivity index (χ2n) is 5.96. The van der Waals surface area contributed by atoms with Crippen molar-refractivity contribution in [1.29, 1.82) is 0 Å². The predicted molar refractivity (Wildman–Crippen MR) is 79.8 cm³/mol. The third kappa shape index (κ3) is 2.52. The van der Waals surface area contributed by atoms with E-state index in [1.165, 1.54) is 0 Å². The van der Waals surface area contributed by atoms with Gasteiger partial charge in [0.1, 0.15) is 11.6 Å². The highest BCUT2D eigenvalue weighted by molar-refractivity contribution is 6.31. The summed E-state index contributed by atoms with van der Waals surface area (Å²) in [4.78, 5) is 26.6. The number of anilines is 1. The first-order valence-electron chi connectivity index (χ1n) is 6.65. The highest BCUT2D eigenvalue weighted by Crippen LogP contribution is 2.30. The molecule has 1 aliphatic rings. The average molecular weight is 295 g/mol. The van der Waals surface area contributed by atoms with Crippen molar-refractivity contribution in [2.45, 2.75) is 39.3 Å². The highest BCUT2D eigenvalue weighted by atomic mass is 35.5. The van der Waals surface area contributed by atoms with E-state index in [9.17, 15) is 9.59 Å². The summed E-state index contributed by atoms with van der Waals surface area (Å²) in [6, 6.07) is 6.52. The molecule has 1 aromatic rings. The van der Waals surface area contributed by atoms with Crippen LogP contribution >= 0.6 is 11.6 Å². The van der Waals surface area contributed by atoms with Crippen molar-refractivity contribution in [2.75, 3.05) is 4.90 Å². The molecule has 0 radical (unpaired) electrons. The number of benzene rings is 1. The number of carbonyl (C=O) groups is 2. The fourth-order valence-electron chi connectivity index (χ4n) is 2.48. The normalized spacial score (nSPS) is 22.1. The first-order valence-corrected chi connectivity index (χ1v) is 7.03. The first-order chi connectivity index (χ1) is 9.24. The van der Waals surface area contributed by atoms with Crippen LogP contribution in [0.15, 0.2) is 24.3 Å². The fourth-order valence-corrected chi connectivity index (χ4v) is 2.67. The van der Waals surface area contributed by atoms with Crippen LogP contribution in [0.4, 0.5) is 5.69 Å². The number of hydrogen-bond acceptors (Lipinski definition) is 2. The van der Waals surface area contributed by atoms with E-state index in [-0.39, 0.29) is 17.7 Å². The Morgan fingerprint density at radius 3 is 2.50 bits per heavy atom. The van der Waals surface area contributed by atoms with Gasteiger partial charge in [-0.25, -0.2) is 0 Å². The Morgan fingerprint density at radius 2 is 1.95 bits per heavy atom. The van der Waals surface area contributed by atoms with Gasteiger partial charge in [0.25, 0.3) is 5.91 Å². The second-order valence-corrected chi connectivity index (χ2v) is 6.39. The minimum atomic E-state index is -0.912. The fraction of sp³-hybridized carbons (Fsp3) is 0.467. The molecule has 5 heteroatoms. The highest BCUT2D eigenvalue weighted by Gasteiger charge is 2.46. The molecule has 0 aromatic heterocycles. The predicted octanol–water partition coefficient (Wildman–Crippen LogP) is 2.61. The lowest BCUT2D eigenvalue weighted by atomic mass is 9.91. The van der Waals surface area contributed by atoms with Crippen molar-refractivity contribution in [3.05, 3.63) is 29.3 Å². The molecular formula is C15H19ClN2O2. The van der Waals surface area contributed by atoms with Crippen LogP contribution in [0.1, 0.15) is 27.7 Å². The Morgan fingerprint density at radius 1 is 1.30 bits per heavy atom. The topological polar surface area (TPSA) is 49.4 Å². The lowest BCUT2D eigenvalue weighted by Crippen LogP contribution is -2.69. The van der Waals surface area contributed by atoms with Crippen LogP contribution < -0.4 is 10.2 Å². The van der Waals surface area contributed by atoms with E-state index < -0.39 is 11.6 Å². The third-order valence-electron chi connectivity index (χ3n) is 3.45. The van der Waals surface area contributed by atoms with Gasteiger partial charge >= 0.3 is 0 Å². The van der Waals surface area contributed by atoms with Crippen LogP contribution in [0.25, 0.3) is 0 Å². The minimum Gasteiger partial charge on any atom is -0.340 e. The van der Waals surface area contributed by atoms with Crippen molar-refractivity contribution in [2.24, 2.45) is 5.92 Å². The van der Waals surface area contributed by atoms with E-state index in [0.717, 1.165) is 0 Å². The van der Waals surface area contributed by atoms with Crippen molar-refractivity contribution < 1.29 is 9.59 Å². The maximum absolute atomic E-state index is 12.7. The van der Waals surface area contributed by atoms with Gasteiger partial charge in [-0.05, 0) is 38.0 Å². The van der Waals surface area contributed by atoms with Crippen LogP contribution in [-0.4, -0.2) is 23.4 Å². The van der Waals surface area contributed by atoms with E-state index in [4.69, 9.17) is 11.6 Å². The summed E-state index contributed by atoms with van der Waals surface area (Å²) in [5.41, 5.74) is -0.255. The summed E-state index contributed by atoms with van der Waals surface area (Å²) in [6.45, 7) is 7.27. The number of amides is 2. The lowest BCUT2D eigenvalue weighted by molar-refractivity contribution is -0.138. The van der Waals surface area contributed by atoms with Crippen LogP contribution in [0.5, 0.6) is 0 Å². The molecule has 0 bridgehead atoms. The lowest BCUT2D eigenvalue weighted by Gasteiger charge is -2.44. The van der Waals surface area contributed by atoms with Gasteiger partial charge < -0.3 is 5.32 Å². The average Bonchev–Trinajstić information content (AvgIpc) is 2.32. The number of nitrogens with zero attached hydrogens (tertiary/aromatic N) is 1. The molecule has 0 saturated carbocycles. The summed E-state index contributed by atoms with van der Waals surface area (Å²) < 4.78 is 0.